The van der Waals surface area contributed by atoms with Gasteiger partial charge in [-0.1, -0.05) is 24.3 Å². The molecule has 1 N–H and O–H groups in total. The molecule has 0 aromatic heterocycles. The third-order valence-corrected chi connectivity index (χ3v) is 5.41. The maximum atomic E-state index is 13.5. The van der Waals surface area contributed by atoms with Crippen molar-refractivity contribution in [2.24, 2.45) is 0 Å². The summed E-state index contributed by atoms with van der Waals surface area (Å²) in [4.78, 5) is 26.2. The van der Waals surface area contributed by atoms with Crippen molar-refractivity contribution >= 4 is 17.5 Å². The summed E-state index contributed by atoms with van der Waals surface area (Å²) < 4.78 is 32.4. The third kappa shape index (κ3) is 4.77. The van der Waals surface area contributed by atoms with Crippen molar-refractivity contribution in [3.63, 3.8) is 0 Å². The van der Waals surface area contributed by atoms with E-state index in [0.29, 0.717) is 24.4 Å². The van der Waals surface area contributed by atoms with E-state index in [2.05, 4.69) is 5.32 Å². The first-order chi connectivity index (χ1) is 15.4. The predicted octanol–water partition coefficient (Wildman–Crippen LogP) is 4.48. The largest absolute Gasteiger partial charge is 0.484 e. The fourth-order valence-electron chi connectivity index (χ4n) is 3.94. The normalized spacial score (nSPS) is 15.1. The molecule has 0 aliphatic carbocycles. The molecule has 0 spiro atoms. The number of nitrogens with zero attached hydrogens (tertiary/aromatic N) is 1. The van der Waals surface area contributed by atoms with E-state index < -0.39 is 11.7 Å². The van der Waals surface area contributed by atoms with Gasteiger partial charge in [-0.25, -0.2) is 8.78 Å². The number of halogens is 2. The highest BCUT2D eigenvalue weighted by Gasteiger charge is 2.30. The number of ether oxygens (including phenoxy) is 1. The molecule has 1 atom stereocenters. The van der Waals surface area contributed by atoms with E-state index in [4.69, 9.17) is 4.74 Å². The van der Waals surface area contributed by atoms with Gasteiger partial charge in [0.25, 0.3) is 5.91 Å². The molecular weight excluding hydrogens is 414 g/mol. The van der Waals surface area contributed by atoms with Gasteiger partial charge in [0.2, 0.25) is 5.91 Å². The van der Waals surface area contributed by atoms with Crippen molar-refractivity contribution in [1.29, 1.82) is 0 Å². The van der Waals surface area contributed by atoms with Crippen molar-refractivity contribution in [3.05, 3.63) is 95.1 Å². The molecule has 164 valence electrons. The SMILES string of the molecule is CC(=O)N1CCc2ccc(OCC(=O)Nc3cccc(F)c3)cc2C1c1ccc(F)cc1. The van der Waals surface area contributed by atoms with Gasteiger partial charge >= 0.3 is 0 Å². The number of hydrogen-bond donors (Lipinski definition) is 1. The molecular formula is C25H22F2N2O3. The zero-order chi connectivity index (χ0) is 22.7. The molecule has 7 heteroatoms. The Morgan fingerprint density at radius 2 is 1.81 bits per heavy atom. The topological polar surface area (TPSA) is 58.6 Å². The molecule has 3 aromatic carbocycles. The van der Waals surface area contributed by atoms with E-state index in [1.165, 1.54) is 37.3 Å². The number of rotatable bonds is 5. The van der Waals surface area contributed by atoms with E-state index >= 15 is 0 Å². The van der Waals surface area contributed by atoms with Crippen LogP contribution in [0.2, 0.25) is 0 Å². The number of benzene rings is 3. The fourth-order valence-corrected chi connectivity index (χ4v) is 3.94. The van der Waals surface area contributed by atoms with E-state index in [1.54, 1.807) is 29.2 Å². The first kappa shape index (κ1) is 21.5. The Morgan fingerprint density at radius 3 is 2.53 bits per heavy atom. The molecule has 1 aliphatic rings. The van der Waals surface area contributed by atoms with E-state index in [-0.39, 0.29) is 24.4 Å². The lowest BCUT2D eigenvalue weighted by Crippen LogP contribution is -2.39. The molecule has 32 heavy (non-hydrogen) atoms. The highest BCUT2D eigenvalue weighted by atomic mass is 19.1. The van der Waals surface area contributed by atoms with Gasteiger partial charge in [-0.05, 0) is 65.6 Å². The Kier molecular flexibility index (Phi) is 6.16. The lowest BCUT2D eigenvalue weighted by Gasteiger charge is -2.37. The highest BCUT2D eigenvalue weighted by molar-refractivity contribution is 5.91. The monoisotopic (exact) mass is 436 g/mol. The van der Waals surface area contributed by atoms with E-state index in [9.17, 15) is 18.4 Å². The van der Waals surface area contributed by atoms with Crippen LogP contribution in [0, 0.1) is 11.6 Å². The van der Waals surface area contributed by atoms with Crippen LogP contribution in [0.15, 0.2) is 66.7 Å². The van der Waals surface area contributed by atoms with Gasteiger partial charge in [0.15, 0.2) is 6.61 Å². The number of anilines is 1. The molecule has 0 bridgehead atoms. The van der Waals surface area contributed by atoms with Gasteiger partial charge in [0.05, 0.1) is 6.04 Å². The van der Waals surface area contributed by atoms with Gasteiger partial charge < -0.3 is 15.0 Å². The molecule has 2 amide bonds. The molecule has 1 aliphatic heterocycles. The van der Waals surface area contributed by atoms with Crippen LogP contribution in [0.5, 0.6) is 5.75 Å². The van der Waals surface area contributed by atoms with Gasteiger partial charge in [-0.15, -0.1) is 0 Å². The van der Waals surface area contributed by atoms with Gasteiger partial charge in [0, 0.05) is 19.2 Å². The Hall–Kier alpha value is -3.74. The molecule has 0 saturated heterocycles. The molecule has 5 nitrogen and oxygen atoms in total. The number of nitrogens with one attached hydrogen (secondary N) is 1. The molecule has 1 heterocycles. The van der Waals surface area contributed by atoms with E-state index in [0.717, 1.165) is 16.7 Å². The predicted molar refractivity (Wildman–Crippen MR) is 116 cm³/mol. The average molecular weight is 436 g/mol. The third-order valence-electron chi connectivity index (χ3n) is 5.41. The van der Waals surface area contributed by atoms with Crippen molar-refractivity contribution in [3.8, 4) is 5.75 Å². The lowest BCUT2D eigenvalue weighted by molar-refractivity contribution is -0.130. The summed E-state index contributed by atoms with van der Waals surface area (Å²) in [5.74, 6) is -0.823. The maximum Gasteiger partial charge on any atom is 0.262 e. The number of carbonyl (C=O) groups excluding carboxylic acids is 2. The number of carbonyl (C=O) groups is 2. The van der Waals surface area contributed by atoms with Crippen LogP contribution in [0.25, 0.3) is 0 Å². The average Bonchev–Trinajstić information content (AvgIpc) is 2.77. The molecule has 4 rings (SSSR count). The van der Waals surface area contributed by atoms with Crippen molar-refractivity contribution in [2.45, 2.75) is 19.4 Å². The summed E-state index contributed by atoms with van der Waals surface area (Å²) in [6.07, 6.45) is 0.687. The fraction of sp³-hybridized carbons (Fsp3) is 0.200. The van der Waals surface area contributed by atoms with Crippen LogP contribution in [-0.2, 0) is 16.0 Å². The minimum Gasteiger partial charge on any atom is -0.484 e. The number of hydrogen-bond acceptors (Lipinski definition) is 3. The summed E-state index contributed by atoms with van der Waals surface area (Å²) in [5, 5.41) is 2.58. The number of fused-ring (bicyclic) bond motifs is 1. The van der Waals surface area contributed by atoms with Crippen molar-refractivity contribution < 1.29 is 23.1 Å². The Labute approximate surface area is 184 Å². The summed E-state index contributed by atoms with van der Waals surface area (Å²) in [6.45, 7) is 1.81. The lowest BCUT2D eigenvalue weighted by atomic mass is 9.88. The smallest absolute Gasteiger partial charge is 0.262 e. The maximum absolute atomic E-state index is 13.5. The minimum atomic E-state index is -0.444. The van der Waals surface area contributed by atoms with E-state index in [1.807, 2.05) is 12.1 Å². The molecule has 0 fully saturated rings. The van der Waals surface area contributed by atoms with Crippen molar-refractivity contribution in [2.75, 3.05) is 18.5 Å². The minimum absolute atomic E-state index is 0.0780. The highest BCUT2D eigenvalue weighted by Crippen LogP contribution is 2.37. The molecule has 3 aromatic rings. The second kappa shape index (κ2) is 9.18. The van der Waals surface area contributed by atoms with Gasteiger partial charge in [-0.3, -0.25) is 9.59 Å². The summed E-state index contributed by atoms with van der Waals surface area (Å²) in [6, 6.07) is 16.8. The number of amides is 2. The second-order valence-corrected chi connectivity index (χ2v) is 7.62. The van der Waals surface area contributed by atoms with Crippen LogP contribution in [-0.4, -0.2) is 29.9 Å². The van der Waals surface area contributed by atoms with Crippen LogP contribution in [0.3, 0.4) is 0 Å². The quantitative estimate of drug-likeness (QED) is 0.642. The standard InChI is InChI=1S/C25H22F2N2O3/c1-16(30)29-12-11-17-7-10-22(14-23(17)25(29)18-5-8-19(26)9-6-18)32-15-24(31)28-21-4-2-3-20(27)13-21/h2-10,13-14,25H,11-12,15H2,1H3,(H,28,31). The Morgan fingerprint density at radius 1 is 1.03 bits per heavy atom. The zero-order valence-corrected chi connectivity index (χ0v) is 17.5. The summed E-state index contributed by atoms with van der Waals surface area (Å²) in [7, 11) is 0. The van der Waals surface area contributed by atoms with Crippen LogP contribution < -0.4 is 10.1 Å². The van der Waals surface area contributed by atoms with Crippen LogP contribution >= 0.6 is 0 Å². The van der Waals surface area contributed by atoms with Gasteiger partial charge in [-0.2, -0.15) is 0 Å². The summed E-state index contributed by atoms with van der Waals surface area (Å²) >= 11 is 0. The second-order valence-electron chi connectivity index (χ2n) is 7.62. The first-order valence-corrected chi connectivity index (χ1v) is 10.2. The first-order valence-electron chi connectivity index (χ1n) is 10.2. The van der Waals surface area contributed by atoms with Crippen LogP contribution in [0.1, 0.15) is 29.7 Å². The van der Waals surface area contributed by atoms with Gasteiger partial charge in [0.1, 0.15) is 17.4 Å². The van der Waals surface area contributed by atoms with Crippen LogP contribution in [0.4, 0.5) is 14.5 Å². The molecule has 0 radical (unpaired) electrons. The summed E-state index contributed by atoms with van der Waals surface area (Å²) in [5.41, 5.74) is 3.08. The zero-order valence-electron chi connectivity index (χ0n) is 17.5. The Bertz CT molecular complexity index is 1150. The van der Waals surface area contributed by atoms with Crippen molar-refractivity contribution in [1.82, 2.24) is 4.90 Å². The Balaban J connectivity index is 1.54. The molecule has 0 saturated carbocycles. The molecule has 1 unspecified atom stereocenters.